The molecule has 1 unspecified atom stereocenters. The molecule has 5 nitrogen and oxygen atoms in total. The highest BCUT2D eigenvalue weighted by molar-refractivity contribution is 5.62. The Morgan fingerprint density at radius 2 is 2.25 bits per heavy atom. The normalized spacial score (nSPS) is 19.6. The number of benzene rings is 1. The molecule has 1 aliphatic heterocycles. The summed E-state index contributed by atoms with van der Waals surface area (Å²) in [6.07, 6.45) is 3.34. The molecule has 1 aromatic carbocycles. The number of rotatable bonds is 3. The van der Waals surface area contributed by atoms with E-state index in [9.17, 15) is 0 Å². The van der Waals surface area contributed by atoms with E-state index in [1.54, 1.807) is 0 Å². The number of nitrogens with zero attached hydrogens (tertiary/aromatic N) is 2. The van der Waals surface area contributed by atoms with E-state index in [1.165, 1.54) is 0 Å². The Morgan fingerprint density at radius 3 is 3.10 bits per heavy atom. The summed E-state index contributed by atoms with van der Waals surface area (Å²) in [7, 11) is 0. The van der Waals surface area contributed by atoms with Gasteiger partial charge >= 0.3 is 0 Å². The molecule has 0 radical (unpaired) electrons. The lowest BCUT2D eigenvalue weighted by molar-refractivity contribution is 0.144. The standard InChI is InChI=1S/C15H20N4O/c1-11-16-15(19-18-11)12-4-2-5-14(10-12)17-13-6-3-8-20-9-7-13/h2,4-5,10,13,17H,3,6-9H2,1H3,(H,16,18,19). The molecule has 3 rings (SSSR count). The predicted molar refractivity (Wildman–Crippen MR) is 78.6 cm³/mol. The summed E-state index contributed by atoms with van der Waals surface area (Å²) < 4.78 is 5.49. The van der Waals surface area contributed by atoms with Crippen LogP contribution in [0.5, 0.6) is 0 Å². The molecule has 5 heteroatoms. The maximum Gasteiger partial charge on any atom is 0.181 e. The first kappa shape index (κ1) is 13.1. The van der Waals surface area contributed by atoms with Crippen LogP contribution in [0.4, 0.5) is 5.69 Å². The Labute approximate surface area is 118 Å². The molecule has 0 amide bonds. The van der Waals surface area contributed by atoms with E-state index in [0.717, 1.165) is 55.4 Å². The van der Waals surface area contributed by atoms with Gasteiger partial charge in [-0.3, -0.25) is 5.10 Å². The second-order valence-corrected chi connectivity index (χ2v) is 5.21. The average molecular weight is 272 g/mol. The number of aromatic amines is 1. The minimum absolute atomic E-state index is 0.488. The van der Waals surface area contributed by atoms with Crippen LogP contribution in [0.25, 0.3) is 11.4 Å². The summed E-state index contributed by atoms with van der Waals surface area (Å²) in [6, 6.07) is 8.76. The minimum Gasteiger partial charge on any atom is -0.382 e. The average Bonchev–Trinajstić information content (AvgIpc) is 2.73. The van der Waals surface area contributed by atoms with Gasteiger partial charge in [-0.15, -0.1) is 0 Å². The van der Waals surface area contributed by atoms with Crippen LogP contribution >= 0.6 is 0 Å². The van der Waals surface area contributed by atoms with Crippen molar-refractivity contribution >= 4 is 5.69 Å². The molecule has 20 heavy (non-hydrogen) atoms. The summed E-state index contributed by atoms with van der Waals surface area (Å²) in [5.41, 5.74) is 2.15. The van der Waals surface area contributed by atoms with E-state index in [1.807, 2.05) is 19.1 Å². The third-order valence-corrected chi connectivity index (χ3v) is 3.54. The van der Waals surface area contributed by atoms with E-state index >= 15 is 0 Å². The van der Waals surface area contributed by atoms with Gasteiger partial charge in [0.25, 0.3) is 0 Å². The zero-order valence-corrected chi connectivity index (χ0v) is 11.7. The van der Waals surface area contributed by atoms with Crippen LogP contribution in [0.3, 0.4) is 0 Å². The topological polar surface area (TPSA) is 62.8 Å². The first-order valence-corrected chi connectivity index (χ1v) is 7.15. The first-order chi connectivity index (χ1) is 9.81. The molecule has 1 fully saturated rings. The highest BCUT2D eigenvalue weighted by atomic mass is 16.5. The molecule has 1 saturated heterocycles. The van der Waals surface area contributed by atoms with Crippen molar-refractivity contribution in [2.24, 2.45) is 0 Å². The van der Waals surface area contributed by atoms with E-state index < -0.39 is 0 Å². The van der Waals surface area contributed by atoms with Gasteiger partial charge in [-0.1, -0.05) is 12.1 Å². The molecule has 1 aliphatic rings. The molecule has 2 N–H and O–H groups in total. The van der Waals surface area contributed by atoms with Crippen molar-refractivity contribution in [3.05, 3.63) is 30.1 Å². The van der Waals surface area contributed by atoms with Crippen LogP contribution < -0.4 is 5.32 Å². The fourth-order valence-electron chi connectivity index (χ4n) is 2.50. The lowest BCUT2D eigenvalue weighted by atomic mass is 10.1. The van der Waals surface area contributed by atoms with Crippen LogP contribution in [-0.4, -0.2) is 34.4 Å². The molecular formula is C15H20N4O. The number of ether oxygens (including phenoxy) is 1. The summed E-state index contributed by atoms with van der Waals surface area (Å²) in [4.78, 5) is 4.37. The number of anilines is 1. The van der Waals surface area contributed by atoms with Gasteiger partial charge in [-0.2, -0.15) is 5.10 Å². The van der Waals surface area contributed by atoms with Crippen molar-refractivity contribution in [3.63, 3.8) is 0 Å². The maximum absolute atomic E-state index is 5.49. The number of aryl methyl sites for hydroxylation is 1. The van der Waals surface area contributed by atoms with Gasteiger partial charge in [0.2, 0.25) is 0 Å². The number of aromatic nitrogens is 3. The molecule has 2 aromatic rings. The lowest BCUT2D eigenvalue weighted by Crippen LogP contribution is -2.19. The first-order valence-electron chi connectivity index (χ1n) is 7.15. The fraction of sp³-hybridized carbons (Fsp3) is 0.467. The van der Waals surface area contributed by atoms with Gasteiger partial charge in [-0.25, -0.2) is 4.98 Å². The zero-order chi connectivity index (χ0) is 13.8. The highest BCUT2D eigenvalue weighted by Crippen LogP contribution is 2.21. The molecule has 0 aliphatic carbocycles. The van der Waals surface area contributed by atoms with E-state index in [4.69, 9.17) is 4.74 Å². The zero-order valence-electron chi connectivity index (χ0n) is 11.7. The lowest BCUT2D eigenvalue weighted by Gasteiger charge is -2.17. The number of nitrogens with one attached hydrogen (secondary N) is 2. The largest absolute Gasteiger partial charge is 0.382 e. The van der Waals surface area contributed by atoms with Crippen LogP contribution in [0.1, 0.15) is 25.1 Å². The van der Waals surface area contributed by atoms with Crippen molar-refractivity contribution in [1.29, 1.82) is 0 Å². The van der Waals surface area contributed by atoms with Crippen molar-refractivity contribution in [2.45, 2.75) is 32.2 Å². The SMILES string of the molecule is Cc1nc(-c2cccc(NC3CCCOCC3)c2)n[nH]1. The maximum atomic E-state index is 5.49. The van der Waals surface area contributed by atoms with E-state index in [2.05, 4.69) is 32.6 Å². The number of hydrogen-bond donors (Lipinski definition) is 2. The Bertz CT molecular complexity index is 559. The molecule has 1 atom stereocenters. The van der Waals surface area contributed by atoms with Crippen LogP contribution in [0.15, 0.2) is 24.3 Å². The van der Waals surface area contributed by atoms with E-state index in [0.29, 0.717) is 6.04 Å². The van der Waals surface area contributed by atoms with Crippen molar-refractivity contribution < 1.29 is 4.74 Å². The predicted octanol–water partition coefficient (Wildman–Crippen LogP) is 2.76. The van der Waals surface area contributed by atoms with Gasteiger partial charge in [0.1, 0.15) is 5.82 Å². The Morgan fingerprint density at radius 1 is 1.30 bits per heavy atom. The van der Waals surface area contributed by atoms with Gasteiger partial charge in [-0.05, 0) is 38.3 Å². The molecule has 0 bridgehead atoms. The monoisotopic (exact) mass is 272 g/mol. The number of H-pyrrole nitrogens is 1. The van der Waals surface area contributed by atoms with Crippen molar-refractivity contribution in [3.8, 4) is 11.4 Å². The summed E-state index contributed by atoms with van der Waals surface area (Å²) >= 11 is 0. The highest BCUT2D eigenvalue weighted by Gasteiger charge is 2.12. The Hall–Kier alpha value is -1.88. The molecular weight excluding hydrogens is 252 g/mol. The van der Waals surface area contributed by atoms with Gasteiger partial charge in [0, 0.05) is 30.5 Å². The molecule has 1 aromatic heterocycles. The molecule has 0 saturated carbocycles. The second-order valence-electron chi connectivity index (χ2n) is 5.21. The van der Waals surface area contributed by atoms with Crippen LogP contribution in [0, 0.1) is 6.92 Å². The van der Waals surface area contributed by atoms with Crippen molar-refractivity contribution in [1.82, 2.24) is 15.2 Å². The minimum atomic E-state index is 0.488. The van der Waals surface area contributed by atoms with E-state index in [-0.39, 0.29) is 0 Å². The second kappa shape index (κ2) is 6.05. The summed E-state index contributed by atoms with van der Waals surface area (Å²) in [6.45, 7) is 3.64. The Kier molecular flexibility index (Phi) is 3.97. The smallest absolute Gasteiger partial charge is 0.181 e. The number of hydrogen-bond acceptors (Lipinski definition) is 4. The van der Waals surface area contributed by atoms with Crippen LogP contribution in [-0.2, 0) is 4.74 Å². The Balaban J connectivity index is 1.73. The fourth-order valence-corrected chi connectivity index (χ4v) is 2.50. The summed E-state index contributed by atoms with van der Waals surface area (Å²) in [5.74, 6) is 1.58. The van der Waals surface area contributed by atoms with Gasteiger partial charge in [0.05, 0.1) is 0 Å². The summed E-state index contributed by atoms with van der Waals surface area (Å²) in [5, 5.41) is 10.7. The quantitative estimate of drug-likeness (QED) is 0.902. The molecule has 0 spiro atoms. The van der Waals surface area contributed by atoms with Gasteiger partial charge < -0.3 is 10.1 Å². The van der Waals surface area contributed by atoms with Crippen molar-refractivity contribution in [2.75, 3.05) is 18.5 Å². The van der Waals surface area contributed by atoms with Gasteiger partial charge in [0.15, 0.2) is 5.82 Å². The molecule has 2 heterocycles. The third-order valence-electron chi connectivity index (χ3n) is 3.54. The molecule has 106 valence electrons. The third kappa shape index (κ3) is 3.17. The van der Waals surface area contributed by atoms with Crippen LogP contribution in [0.2, 0.25) is 0 Å².